The zero-order chi connectivity index (χ0) is 10.7. The van der Waals surface area contributed by atoms with E-state index in [1.807, 2.05) is 18.2 Å². The van der Waals surface area contributed by atoms with Crippen molar-refractivity contribution in [3.8, 4) is 0 Å². The number of para-hydroxylation sites is 1. The van der Waals surface area contributed by atoms with Crippen LogP contribution in [-0.2, 0) is 0 Å². The number of aromatic nitrogens is 1. The number of anilines is 2. The van der Waals surface area contributed by atoms with Crippen LogP contribution >= 0.6 is 23.2 Å². The number of benzene rings is 1. The summed E-state index contributed by atoms with van der Waals surface area (Å²) >= 11 is 12.0. The molecule has 0 unspecified atom stereocenters. The molecular weight excluding hydrogens is 231 g/mol. The summed E-state index contributed by atoms with van der Waals surface area (Å²) in [5.41, 5.74) is 0.791. The Labute approximate surface area is 97.9 Å². The Hall–Kier alpha value is -1.25. The van der Waals surface area contributed by atoms with Gasteiger partial charge in [-0.15, -0.1) is 0 Å². The Morgan fingerprint density at radius 2 is 1.67 bits per heavy atom. The summed E-state index contributed by atoms with van der Waals surface area (Å²) in [6, 6.07) is 11.0. The van der Waals surface area contributed by atoms with Crippen molar-refractivity contribution in [3.05, 3.63) is 52.6 Å². The number of rotatable bonds is 2. The van der Waals surface area contributed by atoms with Crippen LogP contribution in [0.5, 0.6) is 0 Å². The smallest absolute Gasteiger partial charge is 0.149 e. The van der Waals surface area contributed by atoms with Gasteiger partial charge < -0.3 is 5.32 Å². The number of halogens is 2. The van der Waals surface area contributed by atoms with Gasteiger partial charge in [-0.25, -0.2) is 4.98 Å². The number of hydrogen-bond donors (Lipinski definition) is 1. The maximum absolute atomic E-state index is 5.99. The maximum atomic E-state index is 5.99. The number of nitrogens with zero attached hydrogens (tertiary/aromatic N) is 1. The molecule has 0 aliphatic rings. The summed E-state index contributed by atoms with van der Waals surface area (Å²) in [5.74, 6) is 0.604. The van der Waals surface area contributed by atoms with E-state index in [-0.39, 0.29) is 0 Å². The summed E-state index contributed by atoms with van der Waals surface area (Å²) < 4.78 is 0. The lowest BCUT2D eigenvalue weighted by Crippen LogP contribution is -1.94. The van der Waals surface area contributed by atoms with Crippen molar-refractivity contribution in [2.24, 2.45) is 0 Å². The molecule has 2 aromatic rings. The third-order valence-corrected chi connectivity index (χ3v) is 2.52. The second kappa shape index (κ2) is 4.51. The van der Waals surface area contributed by atoms with Crippen molar-refractivity contribution in [1.82, 2.24) is 4.98 Å². The fourth-order valence-corrected chi connectivity index (χ4v) is 1.52. The Morgan fingerprint density at radius 1 is 0.933 bits per heavy atom. The molecule has 2 rings (SSSR count). The molecule has 76 valence electrons. The van der Waals surface area contributed by atoms with Crippen LogP contribution in [0.15, 0.2) is 42.6 Å². The van der Waals surface area contributed by atoms with Crippen LogP contribution in [0.4, 0.5) is 11.5 Å². The van der Waals surface area contributed by atoms with Crippen LogP contribution in [0.2, 0.25) is 10.0 Å². The lowest BCUT2D eigenvalue weighted by Gasteiger charge is -2.07. The standard InChI is InChI=1S/C11H8Cl2N2/c12-8-4-1-2-6-10(8)15-11-9(13)5-3-7-14-11/h1-7H,(H,14,15). The molecule has 0 radical (unpaired) electrons. The van der Waals surface area contributed by atoms with E-state index >= 15 is 0 Å². The molecule has 0 fully saturated rings. The van der Waals surface area contributed by atoms with Crippen molar-refractivity contribution in [3.63, 3.8) is 0 Å². The van der Waals surface area contributed by atoms with Gasteiger partial charge in [-0.05, 0) is 24.3 Å². The summed E-state index contributed by atoms with van der Waals surface area (Å²) in [5, 5.41) is 4.27. The summed E-state index contributed by atoms with van der Waals surface area (Å²) in [7, 11) is 0. The van der Waals surface area contributed by atoms with Gasteiger partial charge >= 0.3 is 0 Å². The van der Waals surface area contributed by atoms with E-state index in [1.165, 1.54) is 0 Å². The quantitative estimate of drug-likeness (QED) is 0.852. The second-order valence-electron chi connectivity index (χ2n) is 2.94. The molecule has 0 aliphatic heterocycles. The summed E-state index contributed by atoms with van der Waals surface area (Å²) in [6.45, 7) is 0. The van der Waals surface area contributed by atoms with Crippen molar-refractivity contribution in [1.29, 1.82) is 0 Å². The van der Waals surface area contributed by atoms with Crippen molar-refractivity contribution >= 4 is 34.7 Å². The van der Waals surface area contributed by atoms with Gasteiger partial charge in [0.2, 0.25) is 0 Å². The van der Waals surface area contributed by atoms with Crippen LogP contribution in [-0.4, -0.2) is 4.98 Å². The Kier molecular flexibility index (Phi) is 3.09. The Balaban J connectivity index is 2.30. The maximum Gasteiger partial charge on any atom is 0.149 e. The third kappa shape index (κ3) is 2.41. The zero-order valence-electron chi connectivity index (χ0n) is 7.74. The average molecular weight is 239 g/mol. The highest BCUT2D eigenvalue weighted by Gasteiger charge is 2.03. The molecule has 0 amide bonds. The first kappa shape index (κ1) is 10.3. The van der Waals surface area contributed by atoms with E-state index in [1.54, 1.807) is 24.4 Å². The van der Waals surface area contributed by atoms with Crippen molar-refractivity contribution in [2.45, 2.75) is 0 Å². The predicted molar refractivity (Wildman–Crippen MR) is 64.0 cm³/mol. The first-order valence-corrected chi connectivity index (χ1v) is 5.15. The first-order valence-electron chi connectivity index (χ1n) is 4.39. The van der Waals surface area contributed by atoms with Crippen LogP contribution in [0, 0.1) is 0 Å². The monoisotopic (exact) mass is 238 g/mol. The van der Waals surface area contributed by atoms with E-state index in [9.17, 15) is 0 Å². The van der Waals surface area contributed by atoms with Gasteiger partial charge in [0.05, 0.1) is 15.7 Å². The lowest BCUT2D eigenvalue weighted by molar-refractivity contribution is 1.31. The number of hydrogen-bond acceptors (Lipinski definition) is 2. The summed E-state index contributed by atoms with van der Waals surface area (Å²) in [6.07, 6.45) is 1.67. The van der Waals surface area contributed by atoms with Gasteiger partial charge in [-0.3, -0.25) is 0 Å². The molecule has 0 atom stereocenters. The topological polar surface area (TPSA) is 24.9 Å². The van der Waals surface area contributed by atoms with Crippen LogP contribution < -0.4 is 5.32 Å². The van der Waals surface area contributed by atoms with Crippen molar-refractivity contribution < 1.29 is 0 Å². The van der Waals surface area contributed by atoms with Crippen molar-refractivity contribution in [2.75, 3.05) is 5.32 Å². The normalized spacial score (nSPS) is 10.0. The van der Waals surface area contributed by atoms with Crippen LogP contribution in [0.3, 0.4) is 0 Å². The van der Waals surface area contributed by atoms with E-state index in [0.29, 0.717) is 15.9 Å². The lowest BCUT2D eigenvalue weighted by atomic mass is 10.3. The molecule has 0 aliphatic carbocycles. The van der Waals surface area contributed by atoms with Gasteiger partial charge in [0.1, 0.15) is 5.82 Å². The molecule has 0 saturated carbocycles. The van der Waals surface area contributed by atoms with E-state index in [2.05, 4.69) is 10.3 Å². The molecule has 0 saturated heterocycles. The molecule has 0 spiro atoms. The molecule has 15 heavy (non-hydrogen) atoms. The molecule has 1 heterocycles. The molecule has 1 aromatic heterocycles. The van der Waals surface area contributed by atoms with Gasteiger partial charge in [0.15, 0.2) is 0 Å². The fraction of sp³-hybridized carbons (Fsp3) is 0. The van der Waals surface area contributed by atoms with Gasteiger partial charge in [0.25, 0.3) is 0 Å². The average Bonchev–Trinajstić information content (AvgIpc) is 2.24. The predicted octanol–water partition coefficient (Wildman–Crippen LogP) is 4.13. The Morgan fingerprint density at radius 3 is 2.40 bits per heavy atom. The van der Waals surface area contributed by atoms with E-state index < -0.39 is 0 Å². The minimum Gasteiger partial charge on any atom is -0.338 e. The molecule has 4 heteroatoms. The SMILES string of the molecule is Clc1ccccc1Nc1ncccc1Cl. The number of nitrogens with one attached hydrogen (secondary N) is 1. The molecule has 1 aromatic carbocycles. The zero-order valence-corrected chi connectivity index (χ0v) is 9.26. The second-order valence-corrected chi connectivity index (χ2v) is 3.75. The molecule has 1 N–H and O–H groups in total. The molecule has 2 nitrogen and oxygen atoms in total. The third-order valence-electron chi connectivity index (χ3n) is 1.89. The molecular formula is C11H8Cl2N2. The minimum absolute atomic E-state index is 0.567. The number of pyridine rings is 1. The highest BCUT2D eigenvalue weighted by atomic mass is 35.5. The van der Waals surface area contributed by atoms with E-state index in [4.69, 9.17) is 23.2 Å². The largest absolute Gasteiger partial charge is 0.338 e. The van der Waals surface area contributed by atoms with Gasteiger partial charge in [0, 0.05) is 6.20 Å². The van der Waals surface area contributed by atoms with Gasteiger partial charge in [-0.1, -0.05) is 35.3 Å². The fourth-order valence-electron chi connectivity index (χ4n) is 1.17. The van der Waals surface area contributed by atoms with Crippen LogP contribution in [0.25, 0.3) is 0 Å². The molecule has 0 bridgehead atoms. The Bertz CT molecular complexity index is 428. The summed E-state index contributed by atoms with van der Waals surface area (Å²) in [4.78, 5) is 4.11. The van der Waals surface area contributed by atoms with Gasteiger partial charge in [-0.2, -0.15) is 0 Å². The van der Waals surface area contributed by atoms with Crippen LogP contribution in [0.1, 0.15) is 0 Å². The highest BCUT2D eigenvalue weighted by Crippen LogP contribution is 2.27. The van der Waals surface area contributed by atoms with E-state index in [0.717, 1.165) is 5.69 Å². The first-order chi connectivity index (χ1) is 7.27. The highest BCUT2D eigenvalue weighted by molar-refractivity contribution is 6.34. The minimum atomic E-state index is 0.567.